The van der Waals surface area contributed by atoms with Gasteiger partial charge >= 0.3 is 0 Å². The van der Waals surface area contributed by atoms with Gasteiger partial charge in [0.15, 0.2) is 17.5 Å². The molecule has 2 N–H and O–H groups in total. The number of anilines is 1. The van der Waals surface area contributed by atoms with Gasteiger partial charge in [0.2, 0.25) is 0 Å². The van der Waals surface area contributed by atoms with Crippen LogP contribution in [0, 0.1) is 0 Å². The quantitative estimate of drug-likeness (QED) is 0.360. The van der Waals surface area contributed by atoms with E-state index in [1.54, 1.807) is 25.5 Å². The standard InChI is InChI=1S/C17H24N4O2S.HI/c1-5-16-20-13(11-24-16)10-19-17(18-3)21-12-7-8-14(23-6-2)15(9-12)22-4;/h7-9,11H,5-6,10H2,1-4H3,(H2,18,19,21);1H. The average Bonchev–Trinajstić information content (AvgIpc) is 3.08. The van der Waals surface area contributed by atoms with Crippen molar-refractivity contribution in [3.8, 4) is 11.5 Å². The first-order chi connectivity index (χ1) is 11.7. The van der Waals surface area contributed by atoms with Gasteiger partial charge in [-0.15, -0.1) is 35.3 Å². The van der Waals surface area contributed by atoms with Crippen LogP contribution in [0.2, 0.25) is 0 Å². The minimum Gasteiger partial charge on any atom is -0.493 e. The summed E-state index contributed by atoms with van der Waals surface area (Å²) in [7, 11) is 3.36. The Morgan fingerprint density at radius 2 is 2.08 bits per heavy atom. The van der Waals surface area contributed by atoms with Crippen molar-refractivity contribution in [2.24, 2.45) is 4.99 Å². The zero-order valence-corrected chi connectivity index (χ0v) is 18.1. The highest BCUT2D eigenvalue weighted by molar-refractivity contribution is 14.0. The summed E-state index contributed by atoms with van der Waals surface area (Å²) in [6.45, 7) is 5.28. The number of aryl methyl sites for hydroxylation is 1. The van der Waals surface area contributed by atoms with E-state index >= 15 is 0 Å². The van der Waals surface area contributed by atoms with Crippen molar-refractivity contribution in [2.75, 3.05) is 26.1 Å². The fourth-order valence-corrected chi connectivity index (χ4v) is 2.85. The Hall–Kier alpha value is -1.55. The number of halogens is 1. The number of aromatic nitrogens is 1. The molecule has 0 radical (unpaired) electrons. The van der Waals surface area contributed by atoms with Gasteiger partial charge in [0, 0.05) is 24.2 Å². The Bertz CT molecular complexity index is 691. The first kappa shape index (κ1) is 21.5. The Morgan fingerprint density at radius 3 is 2.68 bits per heavy atom. The van der Waals surface area contributed by atoms with Crippen molar-refractivity contribution < 1.29 is 9.47 Å². The zero-order valence-electron chi connectivity index (χ0n) is 15.0. The number of aliphatic imine (C=N–C) groups is 1. The molecule has 6 nitrogen and oxygen atoms in total. The largest absolute Gasteiger partial charge is 0.493 e. The number of methoxy groups -OCH3 is 1. The summed E-state index contributed by atoms with van der Waals surface area (Å²) in [6, 6.07) is 5.69. The van der Waals surface area contributed by atoms with Gasteiger partial charge in [0.25, 0.3) is 0 Å². The van der Waals surface area contributed by atoms with Crippen LogP contribution < -0.4 is 20.1 Å². The Morgan fingerprint density at radius 1 is 1.28 bits per heavy atom. The van der Waals surface area contributed by atoms with Crippen molar-refractivity contribution >= 4 is 47.0 Å². The highest BCUT2D eigenvalue weighted by atomic mass is 127. The number of benzene rings is 1. The van der Waals surface area contributed by atoms with Gasteiger partial charge in [-0.3, -0.25) is 4.99 Å². The van der Waals surface area contributed by atoms with Crippen LogP contribution in [0.4, 0.5) is 5.69 Å². The third-order valence-electron chi connectivity index (χ3n) is 3.29. The van der Waals surface area contributed by atoms with E-state index in [1.165, 1.54) is 0 Å². The van der Waals surface area contributed by atoms with Gasteiger partial charge in [-0.25, -0.2) is 4.98 Å². The van der Waals surface area contributed by atoms with Crippen LogP contribution in [-0.4, -0.2) is 31.7 Å². The predicted octanol–water partition coefficient (Wildman–Crippen LogP) is 3.92. The van der Waals surface area contributed by atoms with Gasteiger partial charge in [-0.05, 0) is 25.5 Å². The number of hydrogen-bond donors (Lipinski definition) is 2. The smallest absolute Gasteiger partial charge is 0.195 e. The van der Waals surface area contributed by atoms with Gasteiger partial charge < -0.3 is 20.1 Å². The molecule has 0 unspecified atom stereocenters. The van der Waals surface area contributed by atoms with Crippen molar-refractivity contribution in [1.29, 1.82) is 0 Å². The molecule has 25 heavy (non-hydrogen) atoms. The second-order valence-corrected chi connectivity index (χ2v) is 5.88. The van der Waals surface area contributed by atoms with Crippen LogP contribution in [0.5, 0.6) is 11.5 Å². The van der Waals surface area contributed by atoms with E-state index in [0.29, 0.717) is 24.9 Å². The minimum atomic E-state index is 0. The van der Waals surface area contributed by atoms with E-state index in [-0.39, 0.29) is 24.0 Å². The van der Waals surface area contributed by atoms with Crippen LogP contribution >= 0.6 is 35.3 Å². The zero-order chi connectivity index (χ0) is 17.4. The van der Waals surface area contributed by atoms with Crippen LogP contribution in [0.25, 0.3) is 0 Å². The molecule has 1 heterocycles. The fraction of sp³-hybridized carbons (Fsp3) is 0.412. The number of ether oxygens (including phenoxy) is 2. The number of nitrogens with zero attached hydrogens (tertiary/aromatic N) is 2. The van der Waals surface area contributed by atoms with Gasteiger partial charge in [-0.1, -0.05) is 6.92 Å². The van der Waals surface area contributed by atoms with E-state index in [9.17, 15) is 0 Å². The van der Waals surface area contributed by atoms with Crippen molar-refractivity contribution in [3.63, 3.8) is 0 Å². The number of hydrogen-bond acceptors (Lipinski definition) is 5. The maximum absolute atomic E-state index is 5.53. The maximum atomic E-state index is 5.53. The second-order valence-electron chi connectivity index (χ2n) is 4.94. The normalized spacial score (nSPS) is 10.8. The summed E-state index contributed by atoms with van der Waals surface area (Å²) in [5.41, 5.74) is 1.89. The molecule has 0 aliphatic heterocycles. The first-order valence-electron chi connectivity index (χ1n) is 7.91. The van der Waals surface area contributed by atoms with Crippen LogP contribution in [0.3, 0.4) is 0 Å². The molecule has 0 amide bonds. The lowest BCUT2D eigenvalue weighted by molar-refractivity contribution is 0.311. The Balaban J connectivity index is 0.00000312. The molecular formula is C17H25IN4O2S. The molecule has 2 rings (SSSR count). The highest BCUT2D eigenvalue weighted by Crippen LogP contribution is 2.30. The molecule has 0 saturated heterocycles. The minimum absolute atomic E-state index is 0. The molecule has 0 aliphatic carbocycles. The maximum Gasteiger partial charge on any atom is 0.195 e. The summed E-state index contributed by atoms with van der Waals surface area (Å²) in [4.78, 5) is 8.78. The molecule has 0 saturated carbocycles. The van der Waals surface area contributed by atoms with E-state index in [0.717, 1.165) is 28.6 Å². The van der Waals surface area contributed by atoms with Crippen LogP contribution in [-0.2, 0) is 13.0 Å². The topological polar surface area (TPSA) is 67.8 Å². The molecule has 0 aliphatic rings. The molecule has 2 aromatic rings. The molecule has 0 spiro atoms. The Kier molecular flexibility index (Phi) is 9.58. The number of rotatable bonds is 7. The number of thiazole rings is 1. The lowest BCUT2D eigenvalue weighted by Gasteiger charge is -2.14. The molecule has 1 aromatic heterocycles. The summed E-state index contributed by atoms with van der Waals surface area (Å²) in [5.74, 6) is 2.08. The van der Waals surface area contributed by atoms with Gasteiger partial charge in [-0.2, -0.15) is 0 Å². The monoisotopic (exact) mass is 476 g/mol. The van der Waals surface area contributed by atoms with Crippen molar-refractivity contribution in [2.45, 2.75) is 26.8 Å². The average molecular weight is 476 g/mol. The third-order valence-corrected chi connectivity index (χ3v) is 4.33. The van der Waals surface area contributed by atoms with Gasteiger partial charge in [0.05, 0.1) is 31.0 Å². The Labute approximate surface area is 170 Å². The second kappa shape index (κ2) is 11.1. The van der Waals surface area contributed by atoms with Crippen LogP contribution in [0.15, 0.2) is 28.6 Å². The molecule has 0 fully saturated rings. The van der Waals surface area contributed by atoms with E-state index in [4.69, 9.17) is 9.47 Å². The van der Waals surface area contributed by atoms with E-state index in [1.807, 2.05) is 25.1 Å². The first-order valence-corrected chi connectivity index (χ1v) is 8.79. The molecule has 0 atom stereocenters. The number of nitrogens with one attached hydrogen (secondary N) is 2. The molecule has 8 heteroatoms. The van der Waals surface area contributed by atoms with Crippen molar-refractivity contribution in [1.82, 2.24) is 10.3 Å². The molecule has 1 aromatic carbocycles. The third kappa shape index (κ3) is 6.35. The molecule has 138 valence electrons. The summed E-state index contributed by atoms with van der Waals surface area (Å²) >= 11 is 1.68. The SMILES string of the molecule is CCOc1ccc(NC(=NC)NCc2csc(CC)n2)cc1OC.I. The fourth-order valence-electron chi connectivity index (χ4n) is 2.10. The van der Waals surface area contributed by atoms with E-state index in [2.05, 4.69) is 32.9 Å². The molecular weight excluding hydrogens is 451 g/mol. The van der Waals surface area contributed by atoms with Crippen LogP contribution in [0.1, 0.15) is 24.5 Å². The number of guanidine groups is 1. The van der Waals surface area contributed by atoms with Gasteiger partial charge in [0.1, 0.15) is 0 Å². The summed E-state index contributed by atoms with van der Waals surface area (Å²) < 4.78 is 10.9. The van der Waals surface area contributed by atoms with E-state index < -0.39 is 0 Å². The lowest BCUT2D eigenvalue weighted by atomic mass is 10.2. The summed E-state index contributed by atoms with van der Waals surface area (Å²) in [6.07, 6.45) is 0.962. The summed E-state index contributed by atoms with van der Waals surface area (Å²) in [5, 5.41) is 9.72. The molecule has 0 bridgehead atoms. The highest BCUT2D eigenvalue weighted by Gasteiger charge is 2.07. The predicted molar refractivity (Wildman–Crippen MR) is 115 cm³/mol. The van der Waals surface area contributed by atoms with Crippen molar-refractivity contribution in [3.05, 3.63) is 34.3 Å². The lowest BCUT2D eigenvalue weighted by Crippen LogP contribution is -2.30.